The number of anilines is 2. The van der Waals surface area contributed by atoms with Gasteiger partial charge in [0.2, 0.25) is 5.88 Å². The van der Waals surface area contributed by atoms with Crippen molar-refractivity contribution < 1.29 is 37.4 Å². The quantitative estimate of drug-likeness (QED) is 0.0757. The number of carboxylic acid groups (broad SMARTS) is 1. The molecule has 8 rings (SSSR count). The van der Waals surface area contributed by atoms with Gasteiger partial charge in [-0.2, -0.15) is 4.21 Å². The number of carbonyl (C=O) groups is 3. The molecule has 0 amide bonds. The van der Waals surface area contributed by atoms with Crippen LogP contribution in [0.15, 0.2) is 66.9 Å². The van der Waals surface area contributed by atoms with Crippen molar-refractivity contribution in [3.63, 3.8) is 0 Å². The van der Waals surface area contributed by atoms with E-state index < -0.39 is 41.2 Å². The number of aryl methyl sites for hydroxylation is 2. The monoisotopic (exact) mass is 983 g/mol. The standard InChI is InChI=1S/C50H55Cl2N7O8S/c1-27-15-16-29(3)40(25-27)67-68(64)56-38-26-33(17-18-39(38)58-21-19-57(20-22-58)32(6)34-11-8-9-12-35(34)48(60)61)45-54-46-42(50(63)65-44-30(4)23-28(2)24-31(44)5)43(53-7)47(59(46)55-45)66-49(62)41-36(51)13-10-14-37(41)52/h10,13-18,25-26,28,30-31,34-35,44,56H,6,8-9,11-12,19-24H2,1-5H3,(H,54,55)(H,60,61). The third-order valence-electron chi connectivity index (χ3n) is 13.6. The van der Waals surface area contributed by atoms with E-state index in [0.29, 0.717) is 61.2 Å². The summed E-state index contributed by atoms with van der Waals surface area (Å²) in [4.78, 5) is 53.2. The highest BCUT2D eigenvalue weighted by Gasteiger charge is 2.39. The number of benzene rings is 3. The van der Waals surface area contributed by atoms with Crippen molar-refractivity contribution in [2.24, 2.45) is 29.6 Å². The lowest BCUT2D eigenvalue weighted by molar-refractivity contribution is -0.144. The molecule has 68 heavy (non-hydrogen) atoms. The van der Waals surface area contributed by atoms with Gasteiger partial charge in [-0.15, -0.1) is 0 Å². The van der Waals surface area contributed by atoms with Crippen LogP contribution in [0.3, 0.4) is 0 Å². The minimum absolute atomic E-state index is 0.0200. The maximum absolute atomic E-state index is 14.4. The summed E-state index contributed by atoms with van der Waals surface area (Å²) < 4.78 is 36.3. The Morgan fingerprint density at radius 2 is 1.60 bits per heavy atom. The minimum Gasteiger partial charge on any atom is -0.481 e. The van der Waals surface area contributed by atoms with E-state index in [0.717, 1.165) is 48.9 Å². The third kappa shape index (κ3) is 9.93. The molecule has 5 aromatic rings. The number of hydrogen-bond acceptors (Lipinski definition) is 10. The van der Waals surface area contributed by atoms with Crippen LogP contribution in [0.1, 0.15) is 91.1 Å². The smallest absolute Gasteiger partial charge is 0.346 e. The molecule has 2 saturated carbocycles. The summed E-state index contributed by atoms with van der Waals surface area (Å²) in [5, 5.41) is 13.2. The van der Waals surface area contributed by atoms with Gasteiger partial charge >= 0.3 is 29.2 Å². The van der Waals surface area contributed by atoms with E-state index in [1.165, 1.54) is 16.6 Å². The number of aromatic amines is 1. The number of halogens is 2. The number of fused-ring (bicyclic) bond motifs is 1. The van der Waals surface area contributed by atoms with Gasteiger partial charge < -0.3 is 28.6 Å². The van der Waals surface area contributed by atoms with E-state index >= 15 is 0 Å². The number of carboxylic acids is 1. The molecular weight excluding hydrogens is 930 g/mol. The summed E-state index contributed by atoms with van der Waals surface area (Å²) in [6.07, 6.45) is 4.59. The third-order valence-corrected chi connectivity index (χ3v) is 15.0. The van der Waals surface area contributed by atoms with Crippen LogP contribution in [0.4, 0.5) is 17.1 Å². The highest BCUT2D eigenvalue weighted by Crippen LogP contribution is 2.43. The largest absolute Gasteiger partial charge is 0.481 e. The molecule has 0 bridgehead atoms. The molecule has 1 aliphatic heterocycles. The number of H-pyrrole nitrogens is 1. The van der Waals surface area contributed by atoms with Crippen molar-refractivity contribution >= 4 is 75.1 Å². The van der Waals surface area contributed by atoms with Crippen LogP contribution in [-0.2, 0) is 20.8 Å². The topological polar surface area (TPSA) is 172 Å². The molecule has 1 saturated heterocycles. The van der Waals surface area contributed by atoms with Gasteiger partial charge in [0.1, 0.15) is 17.4 Å². The Balaban J connectivity index is 1.16. The first-order valence-electron chi connectivity index (χ1n) is 22.9. The number of ether oxygens (including phenoxy) is 2. The average Bonchev–Trinajstić information content (AvgIpc) is 3.86. The van der Waals surface area contributed by atoms with E-state index in [1.54, 1.807) is 12.1 Å². The molecular formula is C50H55Cl2N7O8S. The molecule has 15 nitrogen and oxygen atoms in total. The lowest BCUT2D eigenvalue weighted by Gasteiger charge is -2.42. The molecule has 3 heterocycles. The predicted molar refractivity (Wildman–Crippen MR) is 263 cm³/mol. The fourth-order valence-electron chi connectivity index (χ4n) is 10.3. The van der Waals surface area contributed by atoms with Gasteiger partial charge in [-0.1, -0.05) is 81.6 Å². The number of allylic oxidation sites excluding steroid dienone is 1. The van der Waals surface area contributed by atoms with Gasteiger partial charge in [-0.05, 0) is 105 Å². The van der Waals surface area contributed by atoms with Crippen molar-refractivity contribution in [2.45, 2.75) is 79.2 Å². The second-order valence-electron chi connectivity index (χ2n) is 18.5. The Kier molecular flexibility index (Phi) is 14.5. The molecule has 3 N–H and O–H groups in total. The number of nitrogens with zero attached hydrogens (tertiary/aromatic N) is 5. The van der Waals surface area contributed by atoms with Crippen molar-refractivity contribution in [3.05, 3.63) is 111 Å². The second-order valence-corrected chi connectivity index (χ2v) is 20.1. The zero-order chi connectivity index (χ0) is 48.6. The number of aromatic nitrogens is 3. The second kappa shape index (κ2) is 20.3. The van der Waals surface area contributed by atoms with Gasteiger partial charge in [0.25, 0.3) is 5.69 Å². The number of aliphatic carboxylic acids is 1. The van der Waals surface area contributed by atoms with Gasteiger partial charge in [-0.3, -0.25) is 14.6 Å². The first-order valence-corrected chi connectivity index (χ1v) is 24.7. The summed E-state index contributed by atoms with van der Waals surface area (Å²) in [7, 11) is 0. The summed E-state index contributed by atoms with van der Waals surface area (Å²) in [5.74, 6) is -2.20. The summed E-state index contributed by atoms with van der Waals surface area (Å²) >= 11 is 10.7. The molecule has 5 atom stereocenters. The zero-order valence-corrected chi connectivity index (χ0v) is 41.0. The average molecular weight is 985 g/mol. The lowest BCUT2D eigenvalue weighted by Crippen LogP contribution is -2.48. The minimum atomic E-state index is -2.08. The lowest BCUT2D eigenvalue weighted by atomic mass is 9.75. The maximum atomic E-state index is 14.4. The Morgan fingerprint density at radius 3 is 2.26 bits per heavy atom. The predicted octanol–water partition coefficient (Wildman–Crippen LogP) is 10.8. The normalized spacial score (nSPS) is 22.3. The molecule has 0 radical (unpaired) electrons. The van der Waals surface area contributed by atoms with Crippen LogP contribution in [0.2, 0.25) is 10.0 Å². The fourth-order valence-corrected chi connectivity index (χ4v) is 11.5. The number of piperazine rings is 1. The highest BCUT2D eigenvalue weighted by molar-refractivity contribution is 7.82. The first kappa shape index (κ1) is 48.4. The van der Waals surface area contributed by atoms with Crippen LogP contribution >= 0.6 is 23.2 Å². The number of esters is 2. The number of nitrogens with one attached hydrogen (secondary N) is 2. The van der Waals surface area contributed by atoms with Gasteiger partial charge in [0.05, 0.1) is 39.5 Å². The molecule has 2 aliphatic carbocycles. The van der Waals surface area contributed by atoms with Crippen LogP contribution < -0.4 is 18.5 Å². The highest BCUT2D eigenvalue weighted by atomic mass is 35.5. The van der Waals surface area contributed by atoms with Gasteiger partial charge in [-0.25, -0.2) is 23.9 Å². The Labute approximate surface area is 408 Å². The summed E-state index contributed by atoms with van der Waals surface area (Å²) in [6.45, 7) is 25.0. The van der Waals surface area contributed by atoms with Crippen LogP contribution in [0, 0.1) is 50.0 Å². The molecule has 3 aliphatic rings. The first-order chi connectivity index (χ1) is 32.5. The maximum Gasteiger partial charge on any atom is 0.346 e. The van der Waals surface area contributed by atoms with Crippen molar-refractivity contribution in [3.8, 4) is 23.0 Å². The van der Waals surface area contributed by atoms with Crippen molar-refractivity contribution in [2.75, 3.05) is 35.8 Å². The number of hydrogen-bond donors (Lipinski definition) is 3. The SMILES string of the molecule is [C-]#[N+]c1c(C(=O)OC2C(C)CC(C)CC2C)c2nc(-c3ccc(N4CCN(C(=C)C5CCCCC5C(=O)O)CC4)c(NS(=O)Oc4cc(C)ccc4C)c3)[nH]n2c1OC(=O)c1c(Cl)cccc1Cl. The molecule has 0 spiro atoms. The van der Waals surface area contributed by atoms with Crippen molar-refractivity contribution in [1.29, 1.82) is 0 Å². The zero-order valence-electron chi connectivity index (χ0n) is 38.6. The fraction of sp³-hybridized carbons (Fsp3) is 0.420. The van der Waals surface area contributed by atoms with Crippen LogP contribution in [0.25, 0.3) is 21.9 Å². The molecule has 2 aromatic heterocycles. The van der Waals surface area contributed by atoms with Crippen LogP contribution in [0.5, 0.6) is 11.6 Å². The Bertz CT molecular complexity index is 2820. The van der Waals surface area contributed by atoms with E-state index in [-0.39, 0.29) is 62.0 Å². The Morgan fingerprint density at radius 1 is 0.926 bits per heavy atom. The number of carbonyl (C=O) groups excluding carboxylic acids is 2. The van der Waals surface area contributed by atoms with Crippen LogP contribution in [-0.4, -0.2) is 79.0 Å². The molecule has 3 fully saturated rings. The van der Waals surface area contributed by atoms with Crippen molar-refractivity contribution in [1.82, 2.24) is 19.5 Å². The summed E-state index contributed by atoms with van der Waals surface area (Å²) in [5.41, 5.74) is 3.59. The molecule has 5 unspecified atom stereocenters. The molecule has 3 aromatic carbocycles. The summed E-state index contributed by atoms with van der Waals surface area (Å²) in [6, 6.07) is 15.6. The van der Waals surface area contributed by atoms with E-state index in [2.05, 4.69) is 38.0 Å². The molecule has 18 heteroatoms. The van der Waals surface area contributed by atoms with E-state index in [4.69, 9.17) is 48.4 Å². The molecule has 358 valence electrons. The van der Waals surface area contributed by atoms with E-state index in [9.17, 15) is 23.7 Å². The van der Waals surface area contributed by atoms with Gasteiger partial charge in [0, 0.05) is 43.4 Å². The van der Waals surface area contributed by atoms with E-state index in [1.807, 2.05) is 58.0 Å². The van der Waals surface area contributed by atoms with Gasteiger partial charge in [0.15, 0.2) is 11.5 Å². The Hall–Kier alpha value is -6.02. The number of rotatable bonds is 13.